The number of aromatic nitrogens is 1. The number of nitrogens with zero attached hydrogens (tertiary/aromatic N) is 1. The summed E-state index contributed by atoms with van der Waals surface area (Å²) in [6, 6.07) is 5.71. The van der Waals surface area contributed by atoms with Crippen LogP contribution in [0.1, 0.15) is 35.0 Å². The van der Waals surface area contributed by atoms with Gasteiger partial charge in [-0.1, -0.05) is 6.92 Å². The highest BCUT2D eigenvalue weighted by Gasteiger charge is 2.20. The molecule has 1 aromatic heterocycles. The maximum Gasteiger partial charge on any atom is 0.251 e. The van der Waals surface area contributed by atoms with E-state index in [1.54, 1.807) is 14.1 Å². The quantitative estimate of drug-likeness (QED) is 0.911. The summed E-state index contributed by atoms with van der Waals surface area (Å²) in [5, 5.41) is 3.82. The fourth-order valence-electron chi connectivity index (χ4n) is 3.15. The molecule has 1 heterocycles. The Bertz CT molecular complexity index is 761. The SMILES string of the molecule is C[C@H]1CCc2[nH]c3ccc(C(=O)NCC(=O)N(C)C)cc3c2C1. The third-order valence-electron chi connectivity index (χ3n) is 4.60. The van der Waals surface area contributed by atoms with Gasteiger partial charge in [-0.05, 0) is 48.9 Å². The first-order chi connectivity index (χ1) is 11.0. The lowest BCUT2D eigenvalue weighted by Crippen LogP contribution is -2.36. The molecule has 2 aromatic rings. The van der Waals surface area contributed by atoms with Gasteiger partial charge in [-0.2, -0.15) is 0 Å². The van der Waals surface area contributed by atoms with Crippen molar-refractivity contribution >= 4 is 22.7 Å². The molecule has 0 spiro atoms. The van der Waals surface area contributed by atoms with Crippen LogP contribution in [0.2, 0.25) is 0 Å². The number of nitrogens with one attached hydrogen (secondary N) is 2. The van der Waals surface area contributed by atoms with Gasteiger partial charge in [0.25, 0.3) is 5.91 Å². The molecule has 23 heavy (non-hydrogen) atoms. The van der Waals surface area contributed by atoms with Crippen molar-refractivity contribution in [2.24, 2.45) is 5.92 Å². The molecule has 0 saturated heterocycles. The molecule has 2 N–H and O–H groups in total. The van der Waals surface area contributed by atoms with E-state index in [4.69, 9.17) is 0 Å². The van der Waals surface area contributed by atoms with E-state index in [2.05, 4.69) is 17.2 Å². The predicted molar refractivity (Wildman–Crippen MR) is 90.5 cm³/mol. The highest BCUT2D eigenvalue weighted by atomic mass is 16.2. The van der Waals surface area contributed by atoms with E-state index in [0.717, 1.165) is 23.7 Å². The van der Waals surface area contributed by atoms with Crippen LogP contribution in [0.4, 0.5) is 0 Å². The number of hydrogen-bond acceptors (Lipinski definition) is 2. The Kier molecular flexibility index (Phi) is 4.11. The molecule has 5 heteroatoms. The molecule has 0 radical (unpaired) electrons. The molecule has 1 aliphatic rings. The third-order valence-corrected chi connectivity index (χ3v) is 4.60. The lowest BCUT2D eigenvalue weighted by atomic mass is 9.87. The molecule has 0 bridgehead atoms. The fourth-order valence-corrected chi connectivity index (χ4v) is 3.15. The second kappa shape index (κ2) is 6.07. The van der Waals surface area contributed by atoms with Crippen LogP contribution in [0.15, 0.2) is 18.2 Å². The fraction of sp³-hybridized carbons (Fsp3) is 0.444. The minimum atomic E-state index is -0.207. The molecule has 0 aliphatic heterocycles. The molecular formula is C18H23N3O2. The summed E-state index contributed by atoms with van der Waals surface area (Å²) in [6.07, 6.45) is 3.34. The number of carbonyl (C=O) groups is 2. The Labute approximate surface area is 136 Å². The van der Waals surface area contributed by atoms with Crippen molar-refractivity contribution in [3.8, 4) is 0 Å². The van der Waals surface area contributed by atoms with Gasteiger partial charge in [0.2, 0.25) is 5.91 Å². The van der Waals surface area contributed by atoms with Gasteiger partial charge in [0.15, 0.2) is 0 Å². The Morgan fingerprint density at radius 1 is 1.35 bits per heavy atom. The Hall–Kier alpha value is -2.30. The number of amides is 2. The number of likely N-dealkylation sites (N-methyl/N-ethyl adjacent to an activating group) is 1. The van der Waals surface area contributed by atoms with Crippen LogP contribution in [-0.4, -0.2) is 42.3 Å². The van der Waals surface area contributed by atoms with Gasteiger partial charge in [-0.15, -0.1) is 0 Å². The third kappa shape index (κ3) is 3.09. The van der Waals surface area contributed by atoms with Crippen molar-refractivity contribution < 1.29 is 9.59 Å². The van der Waals surface area contributed by atoms with Crippen LogP contribution in [0.3, 0.4) is 0 Å². The first kappa shape index (κ1) is 15.6. The van der Waals surface area contributed by atoms with Crippen molar-refractivity contribution in [2.75, 3.05) is 20.6 Å². The average molecular weight is 313 g/mol. The molecule has 0 unspecified atom stereocenters. The minimum absolute atomic E-state index is 0.0200. The summed E-state index contributed by atoms with van der Waals surface area (Å²) < 4.78 is 0. The van der Waals surface area contributed by atoms with E-state index in [9.17, 15) is 9.59 Å². The predicted octanol–water partition coefficient (Wildman–Crippen LogP) is 2.11. The molecule has 1 atom stereocenters. The number of benzene rings is 1. The summed E-state index contributed by atoms with van der Waals surface area (Å²) in [4.78, 5) is 28.8. The lowest BCUT2D eigenvalue weighted by molar-refractivity contribution is -0.127. The van der Waals surface area contributed by atoms with Crippen LogP contribution in [0, 0.1) is 5.92 Å². The van der Waals surface area contributed by atoms with Crippen LogP contribution in [-0.2, 0) is 17.6 Å². The monoisotopic (exact) mass is 313 g/mol. The number of rotatable bonds is 3. The van der Waals surface area contributed by atoms with Crippen LogP contribution in [0.5, 0.6) is 0 Å². The Morgan fingerprint density at radius 3 is 2.87 bits per heavy atom. The van der Waals surface area contributed by atoms with Crippen molar-refractivity contribution in [1.29, 1.82) is 0 Å². The maximum atomic E-state index is 12.3. The van der Waals surface area contributed by atoms with Crippen molar-refractivity contribution in [1.82, 2.24) is 15.2 Å². The number of aryl methyl sites for hydroxylation is 1. The first-order valence-electron chi connectivity index (χ1n) is 8.07. The van der Waals surface area contributed by atoms with Gasteiger partial charge in [-0.25, -0.2) is 0 Å². The van der Waals surface area contributed by atoms with E-state index in [-0.39, 0.29) is 18.4 Å². The highest BCUT2D eigenvalue weighted by Crippen LogP contribution is 2.32. The topological polar surface area (TPSA) is 65.2 Å². The molecule has 2 amide bonds. The maximum absolute atomic E-state index is 12.3. The molecule has 122 valence electrons. The highest BCUT2D eigenvalue weighted by molar-refractivity contribution is 6.00. The second-order valence-electron chi connectivity index (χ2n) is 6.66. The summed E-state index contributed by atoms with van der Waals surface area (Å²) in [5.74, 6) is 0.352. The van der Waals surface area contributed by atoms with Crippen molar-refractivity contribution in [3.63, 3.8) is 0 Å². The zero-order valence-corrected chi connectivity index (χ0v) is 13.9. The number of hydrogen-bond donors (Lipinski definition) is 2. The number of H-pyrrole nitrogens is 1. The van der Waals surface area contributed by atoms with Gasteiger partial charge in [-0.3, -0.25) is 9.59 Å². The molecule has 3 rings (SSSR count). The molecule has 5 nitrogen and oxygen atoms in total. The Balaban J connectivity index is 1.83. The van der Waals surface area contributed by atoms with E-state index in [1.807, 2.05) is 18.2 Å². The van der Waals surface area contributed by atoms with Crippen molar-refractivity contribution in [3.05, 3.63) is 35.0 Å². The minimum Gasteiger partial charge on any atom is -0.358 e. The summed E-state index contributed by atoms with van der Waals surface area (Å²) in [6.45, 7) is 2.29. The summed E-state index contributed by atoms with van der Waals surface area (Å²) in [7, 11) is 3.35. The number of fused-ring (bicyclic) bond motifs is 3. The molecule has 0 fully saturated rings. The smallest absolute Gasteiger partial charge is 0.251 e. The summed E-state index contributed by atoms with van der Waals surface area (Å²) >= 11 is 0. The lowest BCUT2D eigenvalue weighted by Gasteiger charge is -2.18. The number of carbonyl (C=O) groups excluding carboxylic acids is 2. The average Bonchev–Trinajstić information content (AvgIpc) is 2.89. The van der Waals surface area contributed by atoms with Gasteiger partial charge in [0.1, 0.15) is 0 Å². The first-order valence-corrected chi connectivity index (χ1v) is 8.07. The van der Waals surface area contributed by atoms with E-state index < -0.39 is 0 Å². The van der Waals surface area contributed by atoms with Gasteiger partial charge < -0.3 is 15.2 Å². The largest absolute Gasteiger partial charge is 0.358 e. The second-order valence-corrected chi connectivity index (χ2v) is 6.66. The molecule has 1 aromatic carbocycles. The van der Waals surface area contributed by atoms with Crippen LogP contribution >= 0.6 is 0 Å². The molecular weight excluding hydrogens is 290 g/mol. The standard InChI is InChI=1S/C18H23N3O2/c1-11-4-6-15-13(8-11)14-9-12(5-7-16(14)20-15)18(23)19-10-17(22)21(2)3/h5,7,9,11,20H,4,6,8,10H2,1-3H3,(H,19,23)/t11-/m0/s1. The van der Waals surface area contributed by atoms with Gasteiger partial charge in [0, 0.05) is 36.3 Å². The Morgan fingerprint density at radius 2 is 2.13 bits per heavy atom. The van der Waals surface area contributed by atoms with E-state index >= 15 is 0 Å². The summed E-state index contributed by atoms with van der Waals surface area (Å²) in [5.41, 5.74) is 4.34. The van der Waals surface area contributed by atoms with Crippen LogP contribution < -0.4 is 5.32 Å². The van der Waals surface area contributed by atoms with Crippen LogP contribution in [0.25, 0.3) is 10.9 Å². The van der Waals surface area contributed by atoms with E-state index in [1.165, 1.54) is 22.6 Å². The van der Waals surface area contributed by atoms with Gasteiger partial charge >= 0.3 is 0 Å². The zero-order valence-electron chi connectivity index (χ0n) is 13.9. The van der Waals surface area contributed by atoms with Gasteiger partial charge in [0.05, 0.1) is 6.54 Å². The normalized spacial score (nSPS) is 16.9. The number of aromatic amines is 1. The van der Waals surface area contributed by atoms with Crippen molar-refractivity contribution in [2.45, 2.75) is 26.2 Å². The zero-order chi connectivity index (χ0) is 16.6. The molecule has 1 aliphatic carbocycles. The molecule has 0 saturated carbocycles. The van der Waals surface area contributed by atoms with E-state index in [0.29, 0.717) is 11.5 Å².